The molecule has 1 nitrogen and oxygen atoms in total. The fourth-order valence-corrected chi connectivity index (χ4v) is 3.74. The van der Waals surface area contributed by atoms with Gasteiger partial charge in [0, 0.05) is 22.8 Å². The van der Waals surface area contributed by atoms with E-state index in [9.17, 15) is 0 Å². The third-order valence-electron chi connectivity index (χ3n) is 4.71. The lowest BCUT2D eigenvalue weighted by Crippen LogP contribution is -2.18. The predicted octanol–water partition coefficient (Wildman–Crippen LogP) is 5.89. The van der Waals surface area contributed by atoms with Gasteiger partial charge in [0.05, 0.1) is 5.52 Å². The fraction of sp³-hybridized carbons (Fsp3) is 0.400. The molecule has 1 aromatic heterocycles. The summed E-state index contributed by atoms with van der Waals surface area (Å²) in [6.45, 7) is 10.3. The van der Waals surface area contributed by atoms with Crippen LogP contribution < -0.4 is 0 Å². The van der Waals surface area contributed by atoms with Crippen LogP contribution in [0.3, 0.4) is 0 Å². The molecule has 0 saturated carbocycles. The van der Waals surface area contributed by atoms with Crippen LogP contribution in [0.15, 0.2) is 42.5 Å². The van der Waals surface area contributed by atoms with Crippen LogP contribution in [0.2, 0.25) is 0 Å². The molecule has 21 heavy (non-hydrogen) atoms. The van der Waals surface area contributed by atoms with E-state index in [1.165, 1.54) is 40.2 Å². The van der Waals surface area contributed by atoms with Crippen molar-refractivity contribution in [2.75, 3.05) is 0 Å². The zero-order valence-corrected chi connectivity index (χ0v) is 13.6. The Morgan fingerprint density at radius 3 is 2.33 bits per heavy atom. The van der Waals surface area contributed by atoms with E-state index >= 15 is 0 Å². The second-order valence-electron chi connectivity index (χ2n) is 6.60. The number of fused-ring (bicyclic) bond motifs is 3. The number of rotatable bonds is 4. The van der Waals surface area contributed by atoms with E-state index in [1.54, 1.807) is 0 Å². The van der Waals surface area contributed by atoms with E-state index in [1.807, 2.05) is 0 Å². The zero-order chi connectivity index (χ0) is 15.0. The molecule has 1 heteroatoms. The maximum Gasteiger partial charge on any atom is 0.0529 e. The highest BCUT2D eigenvalue weighted by Crippen LogP contribution is 2.38. The van der Waals surface area contributed by atoms with E-state index in [0.29, 0.717) is 0 Å². The first-order valence-electron chi connectivity index (χ1n) is 8.10. The molecule has 3 rings (SSSR count). The van der Waals surface area contributed by atoms with E-state index in [4.69, 9.17) is 0 Å². The Hall–Kier alpha value is -1.76. The minimum atomic E-state index is 0.218. The first-order chi connectivity index (χ1) is 10.1. The number of aryl methyl sites for hydroxylation is 1. The molecule has 0 bridgehead atoms. The maximum atomic E-state index is 2.48. The third-order valence-corrected chi connectivity index (χ3v) is 4.71. The van der Waals surface area contributed by atoms with Crippen LogP contribution in [0.25, 0.3) is 21.8 Å². The molecule has 110 valence electrons. The van der Waals surface area contributed by atoms with Crippen molar-refractivity contribution in [3.8, 4) is 0 Å². The molecule has 1 heterocycles. The maximum absolute atomic E-state index is 2.48. The first-order valence-corrected chi connectivity index (χ1v) is 8.10. The van der Waals surface area contributed by atoms with E-state index in [2.05, 4.69) is 74.7 Å². The fourth-order valence-electron chi connectivity index (χ4n) is 3.74. The molecule has 0 radical (unpaired) electrons. The summed E-state index contributed by atoms with van der Waals surface area (Å²) in [5, 5.41) is 2.78. The van der Waals surface area contributed by atoms with Crippen molar-refractivity contribution in [3.05, 3.63) is 48.0 Å². The van der Waals surface area contributed by atoms with Crippen molar-refractivity contribution in [1.82, 2.24) is 4.57 Å². The lowest BCUT2D eigenvalue weighted by atomic mass is 9.79. The minimum Gasteiger partial charge on any atom is -0.341 e. The van der Waals surface area contributed by atoms with Gasteiger partial charge in [-0.25, -0.2) is 0 Å². The summed E-state index contributed by atoms with van der Waals surface area (Å²) >= 11 is 0. The SMILES string of the molecule is CCCC(C)(C)c1cccc2c3ccccc3n(CC)c12. The molecular weight excluding hydrogens is 254 g/mol. The van der Waals surface area contributed by atoms with Gasteiger partial charge in [-0.3, -0.25) is 0 Å². The highest BCUT2D eigenvalue weighted by molar-refractivity contribution is 6.09. The Kier molecular flexibility index (Phi) is 3.52. The Bertz CT molecular complexity index is 777. The number of hydrogen-bond acceptors (Lipinski definition) is 0. The Morgan fingerprint density at radius 2 is 1.62 bits per heavy atom. The predicted molar refractivity (Wildman–Crippen MR) is 93.1 cm³/mol. The quantitative estimate of drug-likeness (QED) is 0.561. The standard InChI is InChI=1S/C20H25N/c1-5-14-20(3,4)17-12-9-11-16-15-10-7-8-13-18(15)21(6-2)19(16)17/h7-13H,5-6,14H2,1-4H3. The summed E-state index contributed by atoms with van der Waals surface area (Å²) < 4.78 is 2.48. The van der Waals surface area contributed by atoms with Gasteiger partial charge in [0.25, 0.3) is 0 Å². The molecule has 0 amide bonds. The van der Waals surface area contributed by atoms with Gasteiger partial charge >= 0.3 is 0 Å². The monoisotopic (exact) mass is 279 g/mol. The molecule has 3 aromatic rings. The molecule has 0 saturated heterocycles. The van der Waals surface area contributed by atoms with Crippen LogP contribution in [0.1, 0.15) is 46.1 Å². The zero-order valence-electron chi connectivity index (χ0n) is 13.6. The lowest BCUT2D eigenvalue weighted by molar-refractivity contribution is 0.475. The Morgan fingerprint density at radius 1 is 0.905 bits per heavy atom. The van der Waals surface area contributed by atoms with Gasteiger partial charge < -0.3 is 4.57 Å². The van der Waals surface area contributed by atoms with Crippen molar-refractivity contribution < 1.29 is 0 Å². The van der Waals surface area contributed by atoms with Crippen molar-refractivity contribution in [2.24, 2.45) is 0 Å². The number of hydrogen-bond donors (Lipinski definition) is 0. The Balaban J connectivity index is 2.42. The van der Waals surface area contributed by atoms with E-state index < -0.39 is 0 Å². The van der Waals surface area contributed by atoms with Crippen LogP contribution in [0, 0.1) is 0 Å². The molecule has 0 atom stereocenters. The van der Waals surface area contributed by atoms with Crippen LogP contribution in [-0.2, 0) is 12.0 Å². The largest absolute Gasteiger partial charge is 0.341 e. The van der Waals surface area contributed by atoms with Gasteiger partial charge in [-0.05, 0) is 30.4 Å². The van der Waals surface area contributed by atoms with Crippen molar-refractivity contribution in [3.63, 3.8) is 0 Å². The molecule has 2 aromatic carbocycles. The molecular formula is C20H25N. The summed E-state index contributed by atoms with van der Waals surface area (Å²) in [5.74, 6) is 0. The van der Waals surface area contributed by atoms with Crippen molar-refractivity contribution in [2.45, 2.75) is 52.5 Å². The van der Waals surface area contributed by atoms with Crippen LogP contribution in [-0.4, -0.2) is 4.57 Å². The number of nitrogens with zero attached hydrogens (tertiary/aromatic N) is 1. The Labute approximate surface area is 127 Å². The normalized spacial score (nSPS) is 12.4. The second-order valence-corrected chi connectivity index (χ2v) is 6.60. The number of aromatic nitrogens is 1. The molecule has 0 aliphatic rings. The molecule has 0 fully saturated rings. The van der Waals surface area contributed by atoms with Crippen molar-refractivity contribution >= 4 is 21.8 Å². The summed E-state index contributed by atoms with van der Waals surface area (Å²) in [6, 6.07) is 15.6. The number of para-hydroxylation sites is 2. The van der Waals surface area contributed by atoms with Crippen LogP contribution in [0.4, 0.5) is 0 Å². The molecule has 0 aliphatic heterocycles. The van der Waals surface area contributed by atoms with Gasteiger partial charge in [0.1, 0.15) is 0 Å². The minimum absolute atomic E-state index is 0.218. The molecule has 0 spiro atoms. The molecule has 0 N–H and O–H groups in total. The summed E-state index contributed by atoms with van der Waals surface area (Å²) in [6.07, 6.45) is 2.44. The summed E-state index contributed by atoms with van der Waals surface area (Å²) in [4.78, 5) is 0. The highest BCUT2D eigenvalue weighted by Gasteiger charge is 2.24. The lowest BCUT2D eigenvalue weighted by Gasteiger charge is -2.26. The van der Waals surface area contributed by atoms with Gasteiger partial charge in [-0.15, -0.1) is 0 Å². The van der Waals surface area contributed by atoms with Gasteiger partial charge in [0.2, 0.25) is 0 Å². The summed E-state index contributed by atoms with van der Waals surface area (Å²) in [7, 11) is 0. The first kappa shape index (κ1) is 14.2. The highest BCUT2D eigenvalue weighted by atomic mass is 15.0. The molecule has 0 aliphatic carbocycles. The third kappa shape index (κ3) is 2.16. The van der Waals surface area contributed by atoms with Gasteiger partial charge in [-0.2, -0.15) is 0 Å². The second kappa shape index (κ2) is 5.22. The molecule has 0 unspecified atom stereocenters. The average molecular weight is 279 g/mol. The van der Waals surface area contributed by atoms with Crippen LogP contribution in [0.5, 0.6) is 0 Å². The van der Waals surface area contributed by atoms with Crippen molar-refractivity contribution in [1.29, 1.82) is 0 Å². The van der Waals surface area contributed by atoms with E-state index in [0.717, 1.165) is 6.54 Å². The smallest absolute Gasteiger partial charge is 0.0529 e. The summed E-state index contributed by atoms with van der Waals surface area (Å²) in [5.41, 5.74) is 4.49. The topological polar surface area (TPSA) is 4.93 Å². The van der Waals surface area contributed by atoms with Crippen LogP contribution >= 0.6 is 0 Å². The van der Waals surface area contributed by atoms with Gasteiger partial charge in [-0.1, -0.05) is 63.6 Å². The average Bonchev–Trinajstić information content (AvgIpc) is 2.81. The van der Waals surface area contributed by atoms with E-state index in [-0.39, 0.29) is 5.41 Å². The number of benzene rings is 2. The van der Waals surface area contributed by atoms with Gasteiger partial charge in [0.15, 0.2) is 0 Å².